The first kappa shape index (κ1) is 34.0. The molecule has 10 nitrogen and oxygen atoms in total. The second kappa shape index (κ2) is 15.5. The Balaban J connectivity index is 1.02. The zero-order chi connectivity index (χ0) is 35.0. The highest BCUT2D eigenvalue weighted by molar-refractivity contribution is 5.83. The Kier molecular flexibility index (Phi) is 10.6. The Labute approximate surface area is 290 Å². The van der Waals surface area contributed by atoms with Crippen LogP contribution in [0.1, 0.15) is 46.9 Å². The summed E-state index contributed by atoms with van der Waals surface area (Å²) in [4.78, 5) is 50.7. The third-order valence-electron chi connectivity index (χ3n) is 9.15. The largest absolute Gasteiger partial charge is 0.467 e. The van der Waals surface area contributed by atoms with Crippen LogP contribution in [0.3, 0.4) is 0 Å². The lowest BCUT2D eigenvalue weighted by atomic mass is 9.98. The summed E-state index contributed by atoms with van der Waals surface area (Å²) in [5, 5.41) is 5.17. The molecule has 2 atom stereocenters. The van der Waals surface area contributed by atoms with Crippen molar-refractivity contribution in [2.45, 2.75) is 36.8 Å². The number of fused-ring (bicyclic) bond motifs is 6. The molecule has 6 rings (SSSR count). The van der Waals surface area contributed by atoms with E-state index < -0.39 is 36.2 Å². The minimum absolute atomic E-state index is 0.0513. The third-order valence-corrected chi connectivity index (χ3v) is 9.15. The van der Waals surface area contributed by atoms with Gasteiger partial charge in [0.25, 0.3) is 0 Å². The van der Waals surface area contributed by atoms with E-state index >= 15 is 0 Å². The summed E-state index contributed by atoms with van der Waals surface area (Å²) < 4.78 is 21.0. The standard InChI is InChI=1S/C40H38N2O8/c1-47-37(43)35(41-39(45)49-23-33-29-17-7-3-13-25(29)26-14-4-8-18-30(26)33)21-11-12-22-36(38(44)48-2)42-40(46)50-24-34-31-19-9-5-15-27(31)28-16-6-10-20-32(28)34/h3-20,33-36H,21-24H2,1-2H3,(H,41,45)(H,42,46)/b12-11+/t35-,36-/m0/s1. The average molecular weight is 675 g/mol. The maximum absolute atomic E-state index is 12.9. The molecule has 4 aromatic carbocycles. The number of esters is 2. The molecule has 0 heterocycles. The molecule has 0 aliphatic heterocycles. The summed E-state index contributed by atoms with van der Waals surface area (Å²) in [5.41, 5.74) is 8.70. The van der Waals surface area contributed by atoms with E-state index in [1.165, 1.54) is 14.2 Å². The van der Waals surface area contributed by atoms with Crippen molar-refractivity contribution in [2.75, 3.05) is 27.4 Å². The fourth-order valence-corrected chi connectivity index (χ4v) is 6.74. The van der Waals surface area contributed by atoms with Crippen LogP contribution in [0, 0.1) is 0 Å². The van der Waals surface area contributed by atoms with Crippen LogP contribution in [-0.2, 0) is 28.5 Å². The summed E-state index contributed by atoms with van der Waals surface area (Å²) >= 11 is 0. The van der Waals surface area contributed by atoms with Gasteiger partial charge < -0.3 is 29.6 Å². The smallest absolute Gasteiger partial charge is 0.407 e. The van der Waals surface area contributed by atoms with Crippen LogP contribution in [0.4, 0.5) is 9.59 Å². The number of carbonyl (C=O) groups is 4. The van der Waals surface area contributed by atoms with Crippen molar-refractivity contribution in [3.63, 3.8) is 0 Å². The van der Waals surface area contributed by atoms with E-state index in [4.69, 9.17) is 18.9 Å². The van der Waals surface area contributed by atoms with Gasteiger partial charge in [0.05, 0.1) is 14.2 Å². The molecule has 0 fully saturated rings. The number of rotatable bonds is 12. The number of ether oxygens (including phenoxy) is 4. The van der Waals surface area contributed by atoms with Crippen molar-refractivity contribution >= 4 is 24.1 Å². The molecule has 0 unspecified atom stereocenters. The Morgan fingerprint density at radius 1 is 0.540 bits per heavy atom. The number of nitrogens with one attached hydrogen (secondary N) is 2. The Bertz CT molecular complexity index is 1690. The monoisotopic (exact) mass is 674 g/mol. The minimum atomic E-state index is -1.04. The van der Waals surface area contributed by atoms with Gasteiger partial charge in [-0.2, -0.15) is 0 Å². The van der Waals surface area contributed by atoms with E-state index in [-0.39, 0.29) is 37.9 Å². The second-order valence-corrected chi connectivity index (χ2v) is 12.0. The third kappa shape index (κ3) is 7.24. The van der Waals surface area contributed by atoms with Gasteiger partial charge in [-0.05, 0) is 57.3 Å². The van der Waals surface area contributed by atoms with Crippen LogP contribution in [-0.4, -0.2) is 63.6 Å². The van der Waals surface area contributed by atoms with Gasteiger partial charge >= 0.3 is 24.1 Å². The summed E-state index contributed by atoms with van der Waals surface area (Å²) in [6.07, 6.45) is 1.80. The first-order valence-corrected chi connectivity index (χ1v) is 16.4. The minimum Gasteiger partial charge on any atom is -0.467 e. The number of benzene rings is 4. The highest BCUT2D eigenvalue weighted by Crippen LogP contribution is 2.45. The van der Waals surface area contributed by atoms with Crippen molar-refractivity contribution in [1.82, 2.24) is 10.6 Å². The van der Waals surface area contributed by atoms with Gasteiger partial charge in [0.2, 0.25) is 0 Å². The van der Waals surface area contributed by atoms with Crippen molar-refractivity contribution in [2.24, 2.45) is 0 Å². The summed E-state index contributed by atoms with van der Waals surface area (Å²) in [6, 6.07) is 29.9. The molecule has 4 aromatic rings. The average Bonchev–Trinajstić information content (AvgIpc) is 3.65. The van der Waals surface area contributed by atoms with Gasteiger partial charge in [-0.3, -0.25) is 0 Å². The molecular formula is C40H38N2O8. The molecule has 2 N–H and O–H groups in total. The summed E-state index contributed by atoms with van der Waals surface area (Å²) in [5.74, 6) is -1.60. The molecule has 2 amide bonds. The van der Waals surface area contributed by atoms with Crippen molar-refractivity contribution < 1.29 is 38.1 Å². The molecule has 0 saturated heterocycles. The number of carbonyl (C=O) groups excluding carboxylic acids is 4. The predicted octanol–water partition coefficient (Wildman–Crippen LogP) is 6.48. The number of hydrogen-bond donors (Lipinski definition) is 2. The molecule has 256 valence electrons. The van der Waals surface area contributed by atoms with Crippen LogP contribution in [0.5, 0.6) is 0 Å². The Morgan fingerprint density at radius 2 is 0.840 bits per heavy atom. The van der Waals surface area contributed by atoms with Gasteiger partial charge in [0.1, 0.15) is 25.3 Å². The van der Waals surface area contributed by atoms with Crippen LogP contribution in [0.2, 0.25) is 0 Å². The zero-order valence-corrected chi connectivity index (χ0v) is 27.8. The predicted molar refractivity (Wildman–Crippen MR) is 186 cm³/mol. The van der Waals surface area contributed by atoms with Crippen molar-refractivity contribution in [3.8, 4) is 22.3 Å². The molecule has 2 aliphatic rings. The highest BCUT2D eigenvalue weighted by Gasteiger charge is 2.31. The van der Waals surface area contributed by atoms with Crippen LogP contribution >= 0.6 is 0 Å². The molecule has 0 spiro atoms. The molecule has 0 saturated carbocycles. The lowest BCUT2D eigenvalue weighted by Crippen LogP contribution is -2.42. The van der Waals surface area contributed by atoms with Crippen LogP contribution < -0.4 is 10.6 Å². The number of amides is 2. The molecule has 0 aromatic heterocycles. The van der Waals surface area contributed by atoms with Crippen molar-refractivity contribution in [3.05, 3.63) is 131 Å². The number of alkyl carbamates (subject to hydrolysis) is 2. The molecular weight excluding hydrogens is 636 g/mol. The summed E-state index contributed by atoms with van der Waals surface area (Å²) in [6.45, 7) is 0.178. The topological polar surface area (TPSA) is 129 Å². The fraction of sp³-hybridized carbons (Fsp3) is 0.250. The highest BCUT2D eigenvalue weighted by atomic mass is 16.6. The number of methoxy groups -OCH3 is 2. The maximum Gasteiger partial charge on any atom is 0.407 e. The van der Waals surface area contributed by atoms with E-state index in [2.05, 4.69) is 10.6 Å². The molecule has 0 radical (unpaired) electrons. The first-order valence-electron chi connectivity index (χ1n) is 16.4. The first-order chi connectivity index (χ1) is 24.4. The van der Waals surface area contributed by atoms with E-state index in [9.17, 15) is 19.2 Å². The lowest BCUT2D eigenvalue weighted by Gasteiger charge is -2.18. The number of hydrogen-bond acceptors (Lipinski definition) is 8. The van der Waals surface area contributed by atoms with E-state index in [0.717, 1.165) is 44.5 Å². The van der Waals surface area contributed by atoms with Gasteiger partial charge in [-0.15, -0.1) is 0 Å². The normalized spacial score (nSPS) is 14.0. The van der Waals surface area contributed by atoms with Gasteiger partial charge in [-0.1, -0.05) is 109 Å². The SMILES string of the molecule is COC(=O)[C@H](C/C=C/C[C@H](NC(=O)OCC1c2ccccc2-c2ccccc21)C(=O)OC)NC(=O)OCC1c2ccccc2-c2ccccc21. The second-order valence-electron chi connectivity index (χ2n) is 12.0. The van der Waals surface area contributed by atoms with E-state index in [0.29, 0.717) is 0 Å². The molecule has 2 aliphatic carbocycles. The maximum atomic E-state index is 12.9. The Morgan fingerprint density at radius 3 is 1.14 bits per heavy atom. The fourth-order valence-electron chi connectivity index (χ4n) is 6.74. The molecule has 50 heavy (non-hydrogen) atoms. The lowest BCUT2D eigenvalue weighted by molar-refractivity contribution is -0.143. The molecule has 10 heteroatoms. The molecule has 0 bridgehead atoms. The zero-order valence-electron chi connectivity index (χ0n) is 27.8. The van der Waals surface area contributed by atoms with Crippen molar-refractivity contribution in [1.29, 1.82) is 0 Å². The van der Waals surface area contributed by atoms with Crippen LogP contribution in [0.25, 0.3) is 22.3 Å². The Hall–Kier alpha value is -5.90. The van der Waals surface area contributed by atoms with Gasteiger partial charge in [0, 0.05) is 11.8 Å². The van der Waals surface area contributed by atoms with Crippen LogP contribution in [0.15, 0.2) is 109 Å². The van der Waals surface area contributed by atoms with E-state index in [1.807, 2.05) is 97.1 Å². The van der Waals surface area contributed by atoms with Gasteiger partial charge in [0.15, 0.2) is 0 Å². The van der Waals surface area contributed by atoms with E-state index in [1.54, 1.807) is 12.2 Å². The summed E-state index contributed by atoms with van der Waals surface area (Å²) in [7, 11) is 2.45. The van der Waals surface area contributed by atoms with Gasteiger partial charge in [-0.25, -0.2) is 19.2 Å². The quantitative estimate of drug-likeness (QED) is 0.0993.